The molecule has 0 spiro atoms. The Morgan fingerprint density at radius 1 is 0.889 bits per heavy atom. The lowest BCUT2D eigenvalue weighted by Crippen LogP contribution is -2.49. The number of carboxylic acid groups (broad SMARTS) is 3. The highest BCUT2D eigenvalue weighted by Crippen LogP contribution is 2.27. The fourth-order valence-electron chi connectivity index (χ4n) is 3.83. The summed E-state index contributed by atoms with van der Waals surface area (Å²) in [5.74, 6) is -7.88. The van der Waals surface area contributed by atoms with E-state index in [1.54, 1.807) is 6.07 Å². The number of ether oxygens (including phenoxy) is 1. The smallest absolute Gasteiger partial charge is 0.489 e. The van der Waals surface area contributed by atoms with Gasteiger partial charge in [-0.1, -0.05) is 6.07 Å². The molecule has 3 N–H and O–H groups in total. The molecule has 0 aliphatic carbocycles. The van der Waals surface area contributed by atoms with Gasteiger partial charge in [-0.3, -0.25) is 14.5 Å². The van der Waals surface area contributed by atoms with Crippen LogP contribution in [0.3, 0.4) is 0 Å². The quantitative estimate of drug-likeness (QED) is 0.411. The molecule has 0 amide bonds. The van der Waals surface area contributed by atoms with Crippen LogP contribution in [0.1, 0.15) is 12.0 Å². The Bertz CT molecular complexity index is 1210. The van der Waals surface area contributed by atoms with Gasteiger partial charge in [0, 0.05) is 70.1 Å². The number of aliphatic carboxylic acids is 3. The highest BCUT2D eigenvalue weighted by molar-refractivity contribution is 5.73. The van der Waals surface area contributed by atoms with Crippen LogP contribution in [0.25, 0.3) is 0 Å². The molecule has 2 aliphatic heterocycles. The van der Waals surface area contributed by atoms with Crippen molar-refractivity contribution in [3.63, 3.8) is 0 Å². The first kappa shape index (κ1) is 38.9. The predicted octanol–water partition coefficient (Wildman–Crippen LogP) is 3.80. The fraction of sp³-hybridized carbons (Fsp3) is 0.500. The first-order chi connectivity index (χ1) is 20.5. The Morgan fingerprint density at radius 3 is 1.82 bits per heavy atom. The maximum atomic E-state index is 13.3. The standard InChI is InChI=1S/C18H23FN4O.3C2HF3O2/c1-21-10-14(9-20-21)11-22-5-6-23-13-18(8-16(23)12-22)24-17-4-2-3-15(19)7-17;3*3-2(4,5)1(6)7/h2-4,7,9-10,16,18H,5-6,8,11-13H2,1H3;3*(H,6,7)/t16-,18+;;;/m0.../s1. The van der Waals surface area contributed by atoms with Crippen LogP contribution in [0.4, 0.5) is 43.9 Å². The van der Waals surface area contributed by atoms with Crippen molar-refractivity contribution in [1.82, 2.24) is 19.6 Å². The first-order valence-electron chi connectivity index (χ1n) is 12.3. The topological polar surface area (TPSA) is 145 Å². The summed E-state index contributed by atoms with van der Waals surface area (Å²) < 4.78 is 116. The Hall–Kier alpha value is -4.14. The Balaban J connectivity index is 0.000000396. The third kappa shape index (κ3) is 14.9. The molecule has 11 nitrogen and oxygen atoms in total. The average Bonchev–Trinajstić information content (AvgIpc) is 3.48. The zero-order chi connectivity index (χ0) is 34.8. The summed E-state index contributed by atoms with van der Waals surface area (Å²) in [7, 11) is 1.95. The zero-order valence-corrected chi connectivity index (χ0v) is 22.9. The first-order valence-corrected chi connectivity index (χ1v) is 12.3. The minimum Gasteiger partial charge on any atom is -0.489 e. The SMILES string of the molecule is Cn1cc(CN2CCN3C[C@H](Oc4cccc(F)c4)C[C@H]3C2)cn1.O=C(O)C(F)(F)F.O=C(O)C(F)(F)F.O=C(O)C(F)(F)F. The molecular weight excluding hydrogens is 646 g/mol. The number of fused-ring (bicyclic) bond motifs is 1. The van der Waals surface area contributed by atoms with Gasteiger partial charge < -0.3 is 20.1 Å². The minimum absolute atomic E-state index is 0.148. The second-order valence-corrected chi connectivity index (χ2v) is 9.25. The van der Waals surface area contributed by atoms with Crippen molar-refractivity contribution >= 4 is 17.9 Å². The van der Waals surface area contributed by atoms with Crippen molar-refractivity contribution in [2.24, 2.45) is 7.05 Å². The van der Waals surface area contributed by atoms with Gasteiger partial charge in [-0.05, 0) is 12.1 Å². The molecule has 2 aliphatic rings. The van der Waals surface area contributed by atoms with E-state index < -0.39 is 36.4 Å². The largest absolute Gasteiger partial charge is 0.490 e. The third-order valence-corrected chi connectivity index (χ3v) is 5.65. The van der Waals surface area contributed by atoms with Crippen LogP contribution in [0.5, 0.6) is 5.75 Å². The molecule has 2 atom stereocenters. The van der Waals surface area contributed by atoms with Crippen LogP contribution >= 0.6 is 0 Å². The van der Waals surface area contributed by atoms with Gasteiger partial charge >= 0.3 is 36.4 Å². The van der Waals surface area contributed by atoms with E-state index >= 15 is 0 Å². The van der Waals surface area contributed by atoms with Crippen molar-refractivity contribution < 1.29 is 78.3 Å². The maximum absolute atomic E-state index is 13.3. The highest BCUT2D eigenvalue weighted by atomic mass is 19.4. The maximum Gasteiger partial charge on any atom is 0.490 e. The normalized spacial score (nSPS) is 18.6. The molecule has 0 saturated carbocycles. The van der Waals surface area contributed by atoms with E-state index in [-0.39, 0.29) is 11.9 Å². The second-order valence-electron chi connectivity index (χ2n) is 9.25. The van der Waals surface area contributed by atoms with Crippen molar-refractivity contribution in [1.29, 1.82) is 0 Å². The molecule has 45 heavy (non-hydrogen) atoms. The number of alkyl halides is 9. The fourth-order valence-corrected chi connectivity index (χ4v) is 3.83. The van der Waals surface area contributed by atoms with Gasteiger partial charge in [-0.25, -0.2) is 18.8 Å². The van der Waals surface area contributed by atoms with Gasteiger partial charge in [-0.2, -0.15) is 44.6 Å². The van der Waals surface area contributed by atoms with Crippen LogP contribution in [0.2, 0.25) is 0 Å². The molecule has 2 fully saturated rings. The Kier molecular flexibility index (Phi) is 14.0. The summed E-state index contributed by atoms with van der Waals surface area (Å²) in [4.78, 5) is 31.7. The van der Waals surface area contributed by atoms with Gasteiger partial charge in [0.15, 0.2) is 0 Å². The van der Waals surface area contributed by atoms with Gasteiger partial charge in [0.2, 0.25) is 0 Å². The number of aryl methyl sites for hydroxylation is 1. The molecule has 0 bridgehead atoms. The molecule has 2 aromatic rings. The van der Waals surface area contributed by atoms with Crippen LogP contribution < -0.4 is 4.74 Å². The van der Waals surface area contributed by atoms with Crippen molar-refractivity contribution in [2.75, 3.05) is 26.2 Å². The molecule has 21 heteroatoms. The molecule has 1 aromatic heterocycles. The van der Waals surface area contributed by atoms with Gasteiger partial charge in [-0.15, -0.1) is 0 Å². The van der Waals surface area contributed by atoms with Crippen LogP contribution in [-0.2, 0) is 28.0 Å². The van der Waals surface area contributed by atoms with Crippen LogP contribution in [0, 0.1) is 5.82 Å². The molecule has 3 heterocycles. The summed E-state index contributed by atoms with van der Waals surface area (Å²) in [6, 6.07) is 6.96. The van der Waals surface area contributed by atoms with E-state index in [0.717, 1.165) is 39.1 Å². The van der Waals surface area contributed by atoms with E-state index in [9.17, 15) is 43.9 Å². The molecule has 2 saturated heterocycles. The molecular formula is C24H26F10N4O7. The lowest BCUT2D eigenvalue weighted by atomic mass is 10.1. The molecule has 4 rings (SSSR count). The monoisotopic (exact) mass is 672 g/mol. The summed E-state index contributed by atoms with van der Waals surface area (Å²) in [5.41, 5.74) is 1.26. The van der Waals surface area contributed by atoms with E-state index in [1.165, 1.54) is 17.7 Å². The lowest BCUT2D eigenvalue weighted by molar-refractivity contribution is -0.193. The number of hydrogen-bond acceptors (Lipinski definition) is 7. The Morgan fingerprint density at radius 2 is 1.40 bits per heavy atom. The number of rotatable bonds is 4. The lowest BCUT2D eigenvalue weighted by Gasteiger charge is -2.36. The van der Waals surface area contributed by atoms with Gasteiger partial charge in [0.25, 0.3) is 0 Å². The van der Waals surface area contributed by atoms with E-state index in [2.05, 4.69) is 21.1 Å². The summed E-state index contributed by atoms with van der Waals surface area (Å²) in [6.45, 7) is 5.07. The molecule has 254 valence electrons. The van der Waals surface area contributed by atoms with E-state index in [1.807, 2.05) is 24.0 Å². The van der Waals surface area contributed by atoms with Crippen molar-refractivity contribution in [2.45, 2.75) is 43.6 Å². The third-order valence-electron chi connectivity index (χ3n) is 5.65. The minimum atomic E-state index is -5.08. The number of carboxylic acids is 3. The number of benzene rings is 1. The van der Waals surface area contributed by atoms with Crippen LogP contribution in [-0.4, -0.2) is 110 Å². The van der Waals surface area contributed by atoms with Crippen molar-refractivity contribution in [3.05, 3.63) is 48.0 Å². The number of aromatic nitrogens is 2. The Labute approximate surface area is 247 Å². The molecule has 0 radical (unpaired) electrons. The highest BCUT2D eigenvalue weighted by Gasteiger charge is 2.40. The zero-order valence-electron chi connectivity index (χ0n) is 22.9. The van der Waals surface area contributed by atoms with E-state index in [4.69, 9.17) is 34.4 Å². The number of carbonyl (C=O) groups is 3. The van der Waals surface area contributed by atoms with Crippen LogP contribution in [0.15, 0.2) is 36.7 Å². The van der Waals surface area contributed by atoms with Gasteiger partial charge in [0.05, 0.1) is 6.20 Å². The number of piperazine rings is 1. The number of hydrogen-bond donors (Lipinski definition) is 3. The second kappa shape index (κ2) is 16.3. The van der Waals surface area contributed by atoms with Gasteiger partial charge in [0.1, 0.15) is 17.7 Å². The summed E-state index contributed by atoms with van der Waals surface area (Å²) in [6.07, 6.45) is -10.1. The number of halogens is 10. The average molecular weight is 672 g/mol. The molecule has 0 unspecified atom stereocenters. The molecule has 1 aromatic carbocycles. The number of nitrogens with zero attached hydrogens (tertiary/aromatic N) is 4. The van der Waals surface area contributed by atoms with Crippen molar-refractivity contribution in [3.8, 4) is 5.75 Å². The summed E-state index contributed by atoms with van der Waals surface area (Å²) in [5, 5.41) is 25.6. The predicted molar refractivity (Wildman–Crippen MR) is 130 cm³/mol. The summed E-state index contributed by atoms with van der Waals surface area (Å²) >= 11 is 0. The van der Waals surface area contributed by atoms with E-state index in [0.29, 0.717) is 11.8 Å².